The zero-order valence-electron chi connectivity index (χ0n) is 13.9. The van der Waals surface area contributed by atoms with E-state index < -0.39 is 0 Å². The van der Waals surface area contributed by atoms with Crippen molar-refractivity contribution in [2.24, 2.45) is 10.8 Å². The number of carbonyl (C=O) groups excluding carboxylic acids is 1. The Labute approximate surface area is 137 Å². The second kappa shape index (κ2) is 7.59. The molecular formula is C17H27NOS2. The predicted octanol–water partition coefficient (Wildman–Crippen LogP) is 5.25. The molecular weight excluding hydrogens is 298 g/mol. The first-order valence-corrected chi connectivity index (χ1v) is 9.57. The predicted molar refractivity (Wildman–Crippen MR) is 96.0 cm³/mol. The van der Waals surface area contributed by atoms with Crippen LogP contribution in [0.1, 0.15) is 51.9 Å². The molecule has 2 nitrogen and oxygen atoms in total. The van der Waals surface area contributed by atoms with Gasteiger partial charge < -0.3 is 5.32 Å². The lowest BCUT2D eigenvalue weighted by Gasteiger charge is -2.20. The fourth-order valence-electron chi connectivity index (χ4n) is 1.44. The molecule has 1 N–H and O–H groups in total. The van der Waals surface area contributed by atoms with Gasteiger partial charge in [-0.1, -0.05) is 75.3 Å². The lowest BCUT2D eigenvalue weighted by molar-refractivity contribution is 0.0936. The van der Waals surface area contributed by atoms with E-state index in [1.807, 2.05) is 24.3 Å². The molecule has 1 amide bonds. The number of rotatable bonds is 5. The smallest absolute Gasteiger partial charge is 0.252 e. The van der Waals surface area contributed by atoms with Crippen LogP contribution in [0.5, 0.6) is 0 Å². The van der Waals surface area contributed by atoms with E-state index in [-0.39, 0.29) is 11.3 Å². The molecule has 1 rings (SSSR count). The molecule has 0 aliphatic carbocycles. The molecule has 0 saturated carbocycles. The monoisotopic (exact) mass is 325 g/mol. The van der Waals surface area contributed by atoms with E-state index >= 15 is 0 Å². The third kappa shape index (κ3) is 7.82. The Morgan fingerprint density at radius 1 is 1.05 bits per heavy atom. The third-order valence-corrected chi connectivity index (χ3v) is 5.43. The molecule has 4 heteroatoms. The minimum absolute atomic E-state index is 0.0179. The summed E-state index contributed by atoms with van der Waals surface area (Å²) in [5.74, 6) is 1.07. The first kappa shape index (κ1) is 18.4. The van der Waals surface area contributed by atoms with Crippen molar-refractivity contribution in [1.82, 2.24) is 5.32 Å². The summed E-state index contributed by atoms with van der Waals surface area (Å²) < 4.78 is 0. The van der Waals surface area contributed by atoms with Crippen LogP contribution in [-0.4, -0.2) is 18.2 Å². The molecule has 0 aromatic heterocycles. The minimum Gasteiger partial charge on any atom is -0.351 e. The highest BCUT2D eigenvalue weighted by Crippen LogP contribution is 2.37. The maximum atomic E-state index is 12.3. The molecule has 0 aliphatic rings. The van der Waals surface area contributed by atoms with Crippen molar-refractivity contribution in [2.75, 3.05) is 12.3 Å². The molecule has 21 heavy (non-hydrogen) atoms. The molecule has 0 spiro atoms. The number of nitrogens with one attached hydrogen (secondary N) is 1. The Morgan fingerprint density at radius 3 is 2.24 bits per heavy atom. The number of amides is 1. The van der Waals surface area contributed by atoms with Gasteiger partial charge in [0.15, 0.2) is 0 Å². The third-order valence-electron chi connectivity index (χ3n) is 2.55. The van der Waals surface area contributed by atoms with Crippen molar-refractivity contribution in [3.8, 4) is 0 Å². The molecule has 1 aromatic carbocycles. The molecule has 0 saturated heterocycles. The first-order chi connectivity index (χ1) is 9.58. The van der Waals surface area contributed by atoms with Crippen LogP contribution in [0.25, 0.3) is 0 Å². The van der Waals surface area contributed by atoms with Crippen molar-refractivity contribution in [3.05, 3.63) is 29.8 Å². The Morgan fingerprint density at radius 2 is 1.67 bits per heavy atom. The highest BCUT2D eigenvalue weighted by Gasteiger charge is 2.16. The van der Waals surface area contributed by atoms with Gasteiger partial charge in [-0.25, -0.2) is 0 Å². The van der Waals surface area contributed by atoms with Crippen molar-refractivity contribution >= 4 is 27.5 Å². The summed E-state index contributed by atoms with van der Waals surface area (Å²) in [6.07, 6.45) is 0. The van der Waals surface area contributed by atoms with Crippen LogP contribution in [0.3, 0.4) is 0 Å². The van der Waals surface area contributed by atoms with Gasteiger partial charge in [0.1, 0.15) is 0 Å². The Balaban J connectivity index is 2.68. The van der Waals surface area contributed by atoms with Crippen molar-refractivity contribution < 1.29 is 4.79 Å². The summed E-state index contributed by atoms with van der Waals surface area (Å²) in [4.78, 5) is 13.4. The van der Waals surface area contributed by atoms with E-state index in [1.165, 1.54) is 0 Å². The van der Waals surface area contributed by atoms with Gasteiger partial charge in [0.05, 0.1) is 5.56 Å². The molecule has 0 aliphatic heterocycles. The largest absolute Gasteiger partial charge is 0.351 e. The number of carbonyl (C=O) groups is 1. The van der Waals surface area contributed by atoms with Gasteiger partial charge in [-0.05, 0) is 23.0 Å². The molecule has 0 fully saturated rings. The molecule has 118 valence electrons. The van der Waals surface area contributed by atoms with Gasteiger partial charge in [0.25, 0.3) is 5.91 Å². The summed E-state index contributed by atoms with van der Waals surface area (Å²) in [6.45, 7) is 13.7. The molecule has 0 bridgehead atoms. The highest BCUT2D eigenvalue weighted by atomic mass is 33.1. The van der Waals surface area contributed by atoms with Gasteiger partial charge in [0.2, 0.25) is 0 Å². The fourth-order valence-corrected chi connectivity index (χ4v) is 4.42. The first-order valence-electron chi connectivity index (χ1n) is 7.25. The van der Waals surface area contributed by atoms with Crippen molar-refractivity contribution in [2.45, 2.75) is 46.4 Å². The highest BCUT2D eigenvalue weighted by molar-refractivity contribution is 8.76. The van der Waals surface area contributed by atoms with Crippen LogP contribution in [-0.2, 0) is 0 Å². The van der Waals surface area contributed by atoms with Crippen LogP contribution < -0.4 is 5.32 Å². The van der Waals surface area contributed by atoms with Gasteiger partial charge in [-0.15, -0.1) is 0 Å². The Kier molecular flexibility index (Phi) is 6.67. The maximum absolute atomic E-state index is 12.3. The zero-order chi connectivity index (χ0) is 16.1. The van der Waals surface area contributed by atoms with Crippen LogP contribution >= 0.6 is 21.6 Å². The van der Waals surface area contributed by atoms with E-state index in [2.05, 4.69) is 46.9 Å². The van der Waals surface area contributed by atoms with E-state index in [4.69, 9.17) is 0 Å². The summed E-state index contributed by atoms with van der Waals surface area (Å²) >= 11 is 0. The normalized spacial score (nSPS) is 12.3. The van der Waals surface area contributed by atoms with Crippen molar-refractivity contribution in [1.29, 1.82) is 0 Å². The lowest BCUT2D eigenvalue weighted by Crippen LogP contribution is -2.32. The van der Waals surface area contributed by atoms with Crippen LogP contribution in [0.2, 0.25) is 0 Å². The van der Waals surface area contributed by atoms with Gasteiger partial charge >= 0.3 is 0 Å². The van der Waals surface area contributed by atoms with E-state index in [1.54, 1.807) is 21.6 Å². The van der Waals surface area contributed by atoms with E-state index in [0.29, 0.717) is 12.0 Å². The Bertz CT molecular complexity index is 472. The zero-order valence-corrected chi connectivity index (χ0v) is 15.6. The molecule has 0 heterocycles. The van der Waals surface area contributed by atoms with Crippen LogP contribution in [0.15, 0.2) is 29.2 Å². The quantitative estimate of drug-likeness (QED) is 0.750. The second-order valence-corrected chi connectivity index (χ2v) is 9.98. The number of hydrogen-bond acceptors (Lipinski definition) is 3. The maximum Gasteiger partial charge on any atom is 0.252 e. The van der Waals surface area contributed by atoms with E-state index in [0.717, 1.165) is 16.2 Å². The summed E-state index contributed by atoms with van der Waals surface area (Å²) in [5.41, 5.74) is 1.16. The number of hydrogen-bond donors (Lipinski definition) is 1. The molecule has 1 aromatic rings. The molecule has 0 unspecified atom stereocenters. The van der Waals surface area contributed by atoms with E-state index in [9.17, 15) is 4.79 Å². The minimum atomic E-state index is 0.0179. The SMILES string of the molecule is CC(C)(C)CNC(=O)c1ccccc1SSCC(C)(C)C. The average Bonchev–Trinajstić information content (AvgIpc) is 2.34. The van der Waals surface area contributed by atoms with Gasteiger partial charge in [-0.2, -0.15) is 0 Å². The summed E-state index contributed by atoms with van der Waals surface area (Å²) in [5, 5.41) is 3.02. The summed E-state index contributed by atoms with van der Waals surface area (Å²) in [6, 6.07) is 7.83. The van der Waals surface area contributed by atoms with Crippen LogP contribution in [0.4, 0.5) is 0 Å². The Hall–Kier alpha value is -0.610. The molecule has 0 radical (unpaired) electrons. The van der Waals surface area contributed by atoms with Crippen LogP contribution in [0, 0.1) is 10.8 Å². The number of benzene rings is 1. The summed E-state index contributed by atoms with van der Waals surface area (Å²) in [7, 11) is 3.50. The van der Waals surface area contributed by atoms with Gasteiger partial charge in [0, 0.05) is 17.2 Å². The lowest BCUT2D eigenvalue weighted by atomic mass is 9.97. The fraction of sp³-hybridized carbons (Fsp3) is 0.588. The molecule has 0 atom stereocenters. The average molecular weight is 326 g/mol. The second-order valence-electron chi connectivity index (χ2n) is 7.65. The standard InChI is InChI=1S/C17H27NOS2/c1-16(2,3)11-18-15(19)13-9-7-8-10-14(13)21-20-12-17(4,5)6/h7-10H,11-12H2,1-6H3,(H,18,19). The van der Waals surface area contributed by atoms with Crippen molar-refractivity contribution in [3.63, 3.8) is 0 Å². The van der Waals surface area contributed by atoms with Gasteiger partial charge in [-0.3, -0.25) is 4.79 Å². The topological polar surface area (TPSA) is 29.1 Å².